The second-order valence-corrected chi connectivity index (χ2v) is 7.49. The maximum Gasteiger partial charge on any atom is 0.235 e. The summed E-state index contributed by atoms with van der Waals surface area (Å²) < 4.78 is 24.2. The first-order valence-electron chi connectivity index (χ1n) is 6.76. The molecule has 1 amide bonds. The number of sulfone groups is 1. The predicted molar refractivity (Wildman–Crippen MR) is 91.3 cm³/mol. The molecule has 0 unspecified atom stereocenters. The molecule has 0 atom stereocenters. The Kier molecular flexibility index (Phi) is 8.39. The highest BCUT2D eigenvalue weighted by atomic mass is 35.5. The standard InChI is InChI=1S/C14H21ClN2O3S.ClH/c1-3-14(16,4-2)10-17-13(18)9-21(19,20)12-7-5-11(15)6-8-12;/h5-8H,3-4,9-10,16H2,1-2H3,(H,17,18);1H. The molecule has 22 heavy (non-hydrogen) atoms. The monoisotopic (exact) mass is 368 g/mol. The fourth-order valence-electron chi connectivity index (χ4n) is 1.72. The molecular formula is C14H22Cl2N2O3S. The van der Waals surface area contributed by atoms with Gasteiger partial charge in [-0.15, -0.1) is 12.4 Å². The molecule has 0 radical (unpaired) electrons. The van der Waals surface area contributed by atoms with Crippen LogP contribution in [0.4, 0.5) is 0 Å². The van der Waals surface area contributed by atoms with E-state index in [0.29, 0.717) is 17.9 Å². The molecule has 1 aromatic rings. The third-order valence-electron chi connectivity index (χ3n) is 3.54. The van der Waals surface area contributed by atoms with Crippen molar-refractivity contribution in [2.75, 3.05) is 12.3 Å². The first-order chi connectivity index (χ1) is 9.72. The van der Waals surface area contributed by atoms with Crippen LogP contribution in [0, 0.1) is 0 Å². The first-order valence-corrected chi connectivity index (χ1v) is 8.79. The zero-order chi connectivity index (χ0) is 16.1. The van der Waals surface area contributed by atoms with Crippen molar-refractivity contribution in [3.63, 3.8) is 0 Å². The van der Waals surface area contributed by atoms with E-state index in [2.05, 4.69) is 5.32 Å². The zero-order valence-electron chi connectivity index (χ0n) is 12.6. The van der Waals surface area contributed by atoms with Crippen LogP contribution < -0.4 is 11.1 Å². The minimum absolute atomic E-state index is 0. The summed E-state index contributed by atoms with van der Waals surface area (Å²) in [6.07, 6.45) is 1.40. The minimum atomic E-state index is -3.67. The normalized spacial score (nSPS) is 11.6. The van der Waals surface area contributed by atoms with Gasteiger partial charge in [0.1, 0.15) is 5.75 Å². The molecular weight excluding hydrogens is 347 g/mol. The molecule has 1 rings (SSSR count). The van der Waals surface area contributed by atoms with E-state index in [1.807, 2.05) is 13.8 Å². The Balaban J connectivity index is 0.00000441. The third-order valence-corrected chi connectivity index (χ3v) is 5.42. The summed E-state index contributed by atoms with van der Waals surface area (Å²) in [5.74, 6) is -1.15. The van der Waals surface area contributed by atoms with E-state index in [-0.39, 0.29) is 23.8 Å². The van der Waals surface area contributed by atoms with Crippen molar-refractivity contribution >= 4 is 39.8 Å². The van der Waals surface area contributed by atoms with Crippen LogP contribution in [0.2, 0.25) is 5.02 Å². The molecule has 5 nitrogen and oxygen atoms in total. The summed E-state index contributed by atoms with van der Waals surface area (Å²) in [4.78, 5) is 11.9. The van der Waals surface area contributed by atoms with Crippen LogP contribution in [0.25, 0.3) is 0 Å². The van der Waals surface area contributed by atoms with E-state index in [1.54, 1.807) is 0 Å². The van der Waals surface area contributed by atoms with E-state index in [0.717, 1.165) is 0 Å². The number of halogens is 2. The molecule has 0 aromatic heterocycles. The number of carbonyl (C=O) groups excluding carboxylic acids is 1. The average Bonchev–Trinajstić information content (AvgIpc) is 2.45. The maximum atomic E-state index is 12.1. The van der Waals surface area contributed by atoms with Gasteiger partial charge in [0.2, 0.25) is 5.91 Å². The van der Waals surface area contributed by atoms with Gasteiger partial charge in [0.25, 0.3) is 0 Å². The van der Waals surface area contributed by atoms with Gasteiger partial charge in [-0.2, -0.15) is 0 Å². The molecule has 0 aliphatic heterocycles. The highest BCUT2D eigenvalue weighted by Gasteiger charge is 2.23. The fourth-order valence-corrected chi connectivity index (χ4v) is 3.01. The Bertz CT molecular complexity index is 585. The Morgan fingerprint density at radius 1 is 1.23 bits per heavy atom. The third kappa shape index (κ3) is 6.12. The maximum absolute atomic E-state index is 12.1. The number of rotatable bonds is 7. The van der Waals surface area contributed by atoms with E-state index in [4.69, 9.17) is 17.3 Å². The van der Waals surface area contributed by atoms with Gasteiger partial charge in [-0.1, -0.05) is 25.4 Å². The SMILES string of the molecule is CCC(N)(CC)CNC(=O)CS(=O)(=O)c1ccc(Cl)cc1.Cl. The molecule has 0 spiro atoms. The van der Waals surface area contributed by atoms with Crippen molar-refractivity contribution in [1.82, 2.24) is 5.32 Å². The number of benzene rings is 1. The molecule has 0 aliphatic rings. The van der Waals surface area contributed by atoms with Crippen molar-refractivity contribution in [2.45, 2.75) is 37.1 Å². The molecule has 0 aliphatic carbocycles. The molecule has 8 heteroatoms. The lowest BCUT2D eigenvalue weighted by atomic mass is 9.94. The van der Waals surface area contributed by atoms with E-state index in [9.17, 15) is 13.2 Å². The Hall–Kier alpha value is -0.820. The van der Waals surface area contributed by atoms with Gasteiger partial charge >= 0.3 is 0 Å². The quantitative estimate of drug-likeness (QED) is 0.771. The van der Waals surface area contributed by atoms with Crippen LogP contribution in [-0.2, 0) is 14.6 Å². The number of hydrogen-bond acceptors (Lipinski definition) is 4. The summed E-state index contributed by atoms with van der Waals surface area (Å²) in [7, 11) is -3.67. The minimum Gasteiger partial charge on any atom is -0.353 e. The second kappa shape index (κ2) is 8.72. The lowest BCUT2D eigenvalue weighted by molar-refractivity contribution is -0.118. The largest absolute Gasteiger partial charge is 0.353 e. The van der Waals surface area contributed by atoms with Crippen molar-refractivity contribution in [3.05, 3.63) is 29.3 Å². The van der Waals surface area contributed by atoms with Crippen molar-refractivity contribution < 1.29 is 13.2 Å². The lowest BCUT2D eigenvalue weighted by Crippen LogP contribution is -2.50. The number of amides is 1. The van der Waals surface area contributed by atoms with Crippen LogP contribution in [0.3, 0.4) is 0 Å². The molecule has 1 aromatic carbocycles. The number of nitrogens with one attached hydrogen (secondary N) is 1. The van der Waals surface area contributed by atoms with Gasteiger partial charge in [0.05, 0.1) is 4.90 Å². The number of nitrogens with two attached hydrogens (primary N) is 1. The Labute approximate surface area is 142 Å². The summed E-state index contributed by atoms with van der Waals surface area (Å²) in [6.45, 7) is 4.12. The average molecular weight is 369 g/mol. The van der Waals surface area contributed by atoms with Crippen molar-refractivity contribution in [3.8, 4) is 0 Å². The highest BCUT2D eigenvalue weighted by molar-refractivity contribution is 7.92. The van der Waals surface area contributed by atoms with E-state index >= 15 is 0 Å². The van der Waals surface area contributed by atoms with Gasteiger partial charge in [-0.25, -0.2) is 8.42 Å². The smallest absolute Gasteiger partial charge is 0.235 e. The molecule has 0 saturated carbocycles. The molecule has 0 fully saturated rings. The number of carbonyl (C=O) groups is 1. The zero-order valence-corrected chi connectivity index (χ0v) is 15.0. The number of hydrogen-bond donors (Lipinski definition) is 2. The van der Waals surface area contributed by atoms with Crippen LogP contribution in [-0.4, -0.2) is 32.2 Å². The predicted octanol–water partition coefficient (Wildman–Crippen LogP) is 2.17. The van der Waals surface area contributed by atoms with Crippen molar-refractivity contribution in [2.24, 2.45) is 5.73 Å². The van der Waals surface area contributed by atoms with Gasteiger partial charge in [0, 0.05) is 17.1 Å². The molecule has 0 saturated heterocycles. The second-order valence-electron chi connectivity index (χ2n) is 5.06. The lowest BCUT2D eigenvalue weighted by Gasteiger charge is -2.26. The highest BCUT2D eigenvalue weighted by Crippen LogP contribution is 2.15. The Morgan fingerprint density at radius 3 is 2.18 bits per heavy atom. The summed E-state index contributed by atoms with van der Waals surface area (Å²) in [5, 5.41) is 3.04. The van der Waals surface area contributed by atoms with E-state index < -0.39 is 27.0 Å². The van der Waals surface area contributed by atoms with E-state index in [1.165, 1.54) is 24.3 Å². The van der Waals surface area contributed by atoms with Crippen LogP contribution >= 0.6 is 24.0 Å². The molecule has 126 valence electrons. The molecule has 0 heterocycles. The van der Waals surface area contributed by atoms with Crippen LogP contribution in [0.15, 0.2) is 29.2 Å². The van der Waals surface area contributed by atoms with Gasteiger partial charge in [-0.3, -0.25) is 4.79 Å². The van der Waals surface area contributed by atoms with Gasteiger partial charge in [0.15, 0.2) is 9.84 Å². The van der Waals surface area contributed by atoms with Crippen LogP contribution in [0.1, 0.15) is 26.7 Å². The van der Waals surface area contributed by atoms with Crippen LogP contribution in [0.5, 0.6) is 0 Å². The fraction of sp³-hybridized carbons (Fsp3) is 0.500. The molecule has 0 bridgehead atoms. The summed E-state index contributed by atoms with van der Waals surface area (Å²) >= 11 is 5.71. The summed E-state index contributed by atoms with van der Waals surface area (Å²) in [6, 6.07) is 5.73. The topological polar surface area (TPSA) is 89.3 Å². The van der Waals surface area contributed by atoms with Gasteiger partial charge < -0.3 is 11.1 Å². The molecule has 3 N–H and O–H groups in total. The van der Waals surface area contributed by atoms with Crippen molar-refractivity contribution in [1.29, 1.82) is 0 Å². The first kappa shape index (κ1) is 21.2. The Morgan fingerprint density at radius 2 is 1.73 bits per heavy atom. The van der Waals surface area contributed by atoms with Gasteiger partial charge in [-0.05, 0) is 37.1 Å². The summed E-state index contributed by atoms with van der Waals surface area (Å²) in [5.41, 5.74) is 5.56.